The zero-order valence-corrected chi connectivity index (χ0v) is 17.4. The van der Waals surface area contributed by atoms with Gasteiger partial charge in [0.2, 0.25) is 0 Å². The van der Waals surface area contributed by atoms with E-state index in [1.54, 1.807) is 30.7 Å². The predicted molar refractivity (Wildman–Crippen MR) is 109 cm³/mol. The normalized spacial score (nSPS) is 12.0. The minimum Gasteiger partial charge on any atom is -0.358 e. The van der Waals surface area contributed by atoms with Crippen LogP contribution in [-0.2, 0) is 11.3 Å². The Balaban J connectivity index is 1.78. The molecule has 2 aromatic heterocycles. The van der Waals surface area contributed by atoms with Crippen LogP contribution < -0.4 is 5.32 Å². The van der Waals surface area contributed by atoms with Crippen molar-refractivity contribution in [2.24, 2.45) is 0 Å². The van der Waals surface area contributed by atoms with Gasteiger partial charge < -0.3 is 15.4 Å². The van der Waals surface area contributed by atoms with Crippen LogP contribution in [0.5, 0.6) is 0 Å². The first-order valence-electron chi connectivity index (χ1n) is 9.19. The molecule has 11 heteroatoms. The largest absolute Gasteiger partial charge is 0.390 e. The maximum atomic E-state index is 13.2. The molecule has 1 N–H and O–H groups in total. The number of carbonyl (C=O) groups excluding carboxylic acids is 1. The highest BCUT2D eigenvalue weighted by molar-refractivity contribution is 6.31. The summed E-state index contributed by atoms with van der Waals surface area (Å²) in [6.07, 6.45) is 0.385. The summed E-state index contributed by atoms with van der Waals surface area (Å²) in [7, 11) is 0. The SMILES string of the molecule is CCC(C(=O)Nc1cc(C)n(Cc2ccc(F)cc2Cl)n1)n1nc([N+](=O)[O-])cc1C. The molecule has 3 rings (SSSR count). The van der Waals surface area contributed by atoms with Crippen LogP contribution in [0, 0.1) is 29.8 Å². The number of nitrogens with zero attached hydrogens (tertiary/aromatic N) is 5. The first-order valence-corrected chi connectivity index (χ1v) is 9.57. The van der Waals surface area contributed by atoms with Gasteiger partial charge in [-0.3, -0.25) is 9.48 Å². The molecule has 1 aromatic carbocycles. The molecule has 0 radical (unpaired) electrons. The first kappa shape index (κ1) is 21.4. The van der Waals surface area contributed by atoms with Crippen molar-refractivity contribution < 1.29 is 14.1 Å². The van der Waals surface area contributed by atoms with Gasteiger partial charge in [-0.05, 0) is 42.9 Å². The lowest BCUT2D eigenvalue weighted by Gasteiger charge is -2.13. The Morgan fingerprint density at radius 1 is 1.27 bits per heavy atom. The highest BCUT2D eigenvalue weighted by Crippen LogP contribution is 2.22. The van der Waals surface area contributed by atoms with Crippen LogP contribution in [-0.4, -0.2) is 30.4 Å². The average Bonchev–Trinajstić information content (AvgIpc) is 3.21. The number of halogens is 2. The molecule has 1 amide bonds. The molecule has 158 valence electrons. The summed E-state index contributed by atoms with van der Waals surface area (Å²) in [5.74, 6) is -0.791. The number of amides is 1. The Kier molecular flexibility index (Phi) is 6.16. The van der Waals surface area contributed by atoms with Gasteiger partial charge in [0, 0.05) is 16.8 Å². The zero-order valence-electron chi connectivity index (χ0n) is 16.6. The Morgan fingerprint density at radius 3 is 2.60 bits per heavy atom. The molecule has 0 bridgehead atoms. The third-order valence-electron chi connectivity index (χ3n) is 4.65. The van der Waals surface area contributed by atoms with Crippen molar-refractivity contribution in [3.05, 3.63) is 68.2 Å². The van der Waals surface area contributed by atoms with E-state index in [1.807, 2.05) is 6.92 Å². The standard InChI is InChI=1S/C19H20ClFN6O3/c1-4-16(26-12(3)8-18(24-26)27(29)30)19(28)22-17-7-11(2)25(23-17)10-13-5-6-14(21)9-15(13)20/h5-9,16H,4,10H2,1-3H3,(H,22,23,28). The molecule has 0 saturated heterocycles. The van der Waals surface area contributed by atoms with Crippen LogP contribution in [0.3, 0.4) is 0 Å². The summed E-state index contributed by atoms with van der Waals surface area (Å²) in [5.41, 5.74) is 1.97. The van der Waals surface area contributed by atoms with Crippen LogP contribution in [0.4, 0.5) is 16.0 Å². The van der Waals surface area contributed by atoms with Gasteiger partial charge in [-0.2, -0.15) is 9.78 Å². The molecule has 1 unspecified atom stereocenters. The summed E-state index contributed by atoms with van der Waals surface area (Å²) in [6, 6.07) is 6.42. The van der Waals surface area contributed by atoms with Gasteiger partial charge in [0.05, 0.1) is 23.4 Å². The predicted octanol–water partition coefficient (Wildman–Crippen LogP) is 4.04. The van der Waals surface area contributed by atoms with E-state index in [-0.39, 0.29) is 16.7 Å². The number of anilines is 1. The Morgan fingerprint density at radius 2 is 2.00 bits per heavy atom. The van der Waals surface area contributed by atoms with Crippen LogP contribution >= 0.6 is 11.6 Å². The van der Waals surface area contributed by atoms with Crippen molar-refractivity contribution in [3.63, 3.8) is 0 Å². The van der Waals surface area contributed by atoms with Crippen LogP contribution in [0.2, 0.25) is 5.02 Å². The Labute approximate surface area is 176 Å². The summed E-state index contributed by atoms with van der Waals surface area (Å²) in [4.78, 5) is 23.2. The quantitative estimate of drug-likeness (QED) is 0.446. The van der Waals surface area contributed by atoms with Crippen molar-refractivity contribution in [3.8, 4) is 0 Å². The number of hydrogen-bond donors (Lipinski definition) is 1. The molecular formula is C19H20ClFN6O3. The molecular weight excluding hydrogens is 415 g/mol. The lowest BCUT2D eigenvalue weighted by molar-refractivity contribution is -0.389. The molecule has 3 aromatic rings. The molecule has 0 saturated carbocycles. The lowest BCUT2D eigenvalue weighted by atomic mass is 10.2. The van der Waals surface area contributed by atoms with Gasteiger partial charge >= 0.3 is 5.82 Å². The molecule has 0 fully saturated rings. The van der Waals surface area contributed by atoms with E-state index in [0.717, 1.165) is 5.69 Å². The van der Waals surface area contributed by atoms with Crippen molar-refractivity contribution in [2.45, 2.75) is 39.8 Å². The van der Waals surface area contributed by atoms with Crippen molar-refractivity contribution in [2.75, 3.05) is 5.32 Å². The molecule has 0 aliphatic rings. The number of nitrogens with one attached hydrogen (secondary N) is 1. The van der Waals surface area contributed by atoms with Gasteiger partial charge in [0.25, 0.3) is 5.91 Å². The summed E-state index contributed by atoms with van der Waals surface area (Å²) >= 11 is 6.08. The second-order valence-corrected chi connectivity index (χ2v) is 7.23. The van der Waals surface area contributed by atoms with E-state index >= 15 is 0 Å². The first-order chi connectivity index (χ1) is 14.2. The van der Waals surface area contributed by atoms with Crippen LogP contribution in [0.1, 0.15) is 36.3 Å². The van der Waals surface area contributed by atoms with E-state index in [1.165, 1.54) is 22.9 Å². The van der Waals surface area contributed by atoms with Crippen LogP contribution in [0.25, 0.3) is 0 Å². The number of aromatic nitrogens is 4. The van der Waals surface area contributed by atoms with Crippen molar-refractivity contribution in [1.29, 1.82) is 0 Å². The number of hydrogen-bond acceptors (Lipinski definition) is 5. The minimum absolute atomic E-state index is 0.289. The average molecular weight is 435 g/mol. The van der Waals surface area contributed by atoms with Gasteiger partial charge in [-0.15, -0.1) is 0 Å². The maximum Gasteiger partial charge on any atom is 0.390 e. The molecule has 0 aliphatic heterocycles. The Hall–Kier alpha value is -3.27. The van der Waals surface area contributed by atoms with E-state index in [9.17, 15) is 19.3 Å². The fraction of sp³-hybridized carbons (Fsp3) is 0.316. The van der Waals surface area contributed by atoms with E-state index in [2.05, 4.69) is 15.5 Å². The molecule has 30 heavy (non-hydrogen) atoms. The van der Waals surface area contributed by atoms with Gasteiger partial charge in [-0.25, -0.2) is 4.39 Å². The molecule has 9 nitrogen and oxygen atoms in total. The zero-order chi connectivity index (χ0) is 22.0. The monoisotopic (exact) mass is 434 g/mol. The van der Waals surface area contributed by atoms with Crippen LogP contribution in [0.15, 0.2) is 30.3 Å². The second kappa shape index (κ2) is 8.62. The molecule has 0 spiro atoms. The molecule has 1 atom stereocenters. The second-order valence-electron chi connectivity index (χ2n) is 6.82. The number of benzene rings is 1. The highest BCUT2D eigenvalue weighted by Gasteiger charge is 2.27. The summed E-state index contributed by atoms with van der Waals surface area (Å²) < 4.78 is 16.2. The molecule has 2 heterocycles. The van der Waals surface area contributed by atoms with Crippen molar-refractivity contribution in [1.82, 2.24) is 19.6 Å². The fourth-order valence-corrected chi connectivity index (χ4v) is 3.32. The third-order valence-corrected chi connectivity index (χ3v) is 5.00. The topological polar surface area (TPSA) is 108 Å². The minimum atomic E-state index is -0.726. The van der Waals surface area contributed by atoms with E-state index in [4.69, 9.17) is 11.6 Å². The van der Waals surface area contributed by atoms with Gasteiger partial charge in [0.1, 0.15) is 5.82 Å². The number of nitro groups is 1. The summed E-state index contributed by atoms with van der Waals surface area (Å²) in [5, 5.41) is 22.3. The smallest absolute Gasteiger partial charge is 0.358 e. The van der Waals surface area contributed by atoms with Gasteiger partial charge in [0.15, 0.2) is 11.9 Å². The lowest BCUT2D eigenvalue weighted by Crippen LogP contribution is -2.27. The summed E-state index contributed by atoms with van der Waals surface area (Å²) in [6.45, 7) is 5.57. The highest BCUT2D eigenvalue weighted by atomic mass is 35.5. The van der Waals surface area contributed by atoms with E-state index in [0.29, 0.717) is 30.0 Å². The van der Waals surface area contributed by atoms with Gasteiger partial charge in [-0.1, -0.05) is 24.6 Å². The number of carbonyl (C=O) groups is 1. The maximum absolute atomic E-state index is 13.2. The number of rotatable bonds is 7. The van der Waals surface area contributed by atoms with Crippen molar-refractivity contribution >= 4 is 29.1 Å². The fourth-order valence-electron chi connectivity index (χ4n) is 3.10. The molecule has 0 aliphatic carbocycles. The third kappa shape index (κ3) is 4.48. The van der Waals surface area contributed by atoms with E-state index < -0.39 is 16.8 Å². The Bertz CT molecular complexity index is 1110. The number of aryl methyl sites for hydroxylation is 2.